The topological polar surface area (TPSA) is 49.4 Å². The first-order valence-corrected chi connectivity index (χ1v) is 9.09. The zero-order valence-corrected chi connectivity index (χ0v) is 14.8. The van der Waals surface area contributed by atoms with E-state index in [1.165, 1.54) is 30.1 Å². The molecular formula is C16H20N2O2S2. The van der Waals surface area contributed by atoms with Crippen molar-refractivity contribution in [1.29, 1.82) is 0 Å². The summed E-state index contributed by atoms with van der Waals surface area (Å²) in [6.45, 7) is 4.17. The summed E-state index contributed by atoms with van der Waals surface area (Å²) in [4.78, 5) is 2.27. The first kappa shape index (κ1) is 16.9. The van der Waals surface area contributed by atoms with Gasteiger partial charge in [0.25, 0.3) is 0 Å². The molecule has 0 saturated carbocycles. The van der Waals surface area contributed by atoms with Gasteiger partial charge in [0.1, 0.15) is 0 Å². The van der Waals surface area contributed by atoms with Gasteiger partial charge in [0.2, 0.25) is 0 Å². The standard InChI is InChI=1S/C16H20N2O2S2/c1-12-5-10-16(13(2)11-12)21-15-8-6-14(7-9-15)17-22(19,20)18(3)4/h5-11,17H,1-4H3. The van der Waals surface area contributed by atoms with Crippen molar-refractivity contribution < 1.29 is 8.42 Å². The fraction of sp³-hybridized carbons (Fsp3) is 0.250. The summed E-state index contributed by atoms with van der Waals surface area (Å²) < 4.78 is 27.2. The van der Waals surface area contributed by atoms with E-state index < -0.39 is 10.2 Å². The van der Waals surface area contributed by atoms with Crippen molar-refractivity contribution in [1.82, 2.24) is 4.31 Å². The van der Waals surface area contributed by atoms with Crippen LogP contribution in [0.4, 0.5) is 5.69 Å². The Morgan fingerprint density at radius 1 is 1.00 bits per heavy atom. The first-order valence-electron chi connectivity index (χ1n) is 6.83. The molecule has 0 aliphatic rings. The third kappa shape index (κ3) is 4.25. The van der Waals surface area contributed by atoms with Gasteiger partial charge in [-0.3, -0.25) is 4.72 Å². The van der Waals surface area contributed by atoms with Crippen LogP contribution in [0.1, 0.15) is 11.1 Å². The Labute approximate surface area is 136 Å². The van der Waals surface area contributed by atoms with Gasteiger partial charge in [-0.2, -0.15) is 12.7 Å². The summed E-state index contributed by atoms with van der Waals surface area (Å²) in [6, 6.07) is 13.7. The second kappa shape index (κ2) is 6.73. The molecule has 0 saturated heterocycles. The van der Waals surface area contributed by atoms with Crippen LogP contribution in [0, 0.1) is 13.8 Å². The molecule has 2 aromatic rings. The van der Waals surface area contributed by atoms with E-state index in [9.17, 15) is 8.42 Å². The molecule has 0 aromatic heterocycles. The monoisotopic (exact) mass is 336 g/mol. The average Bonchev–Trinajstić information content (AvgIpc) is 2.43. The highest BCUT2D eigenvalue weighted by Crippen LogP contribution is 2.31. The lowest BCUT2D eigenvalue weighted by Crippen LogP contribution is -2.28. The number of hydrogen-bond acceptors (Lipinski definition) is 3. The predicted octanol–water partition coefficient (Wildman–Crippen LogP) is 3.67. The Balaban J connectivity index is 2.12. The quantitative estimate of drug-likeness (QED) is 0.906. The largest absolute Gasteiger partial charge is 0.301 e. The molecule has 2 rings (SSSR count). The van der Waals surface area contributed by atoms with Crippen molar-refractivity contribution in [2.45, 2.75) is 23.6 Å². The normalized spacial score (nSPS) is 11.7. The van der Waals surface area contributed by atoms with Gasteiger partial charge in [0.15, 0.2) is 0 Å². The minimum Gasteiger partial charge on any atom is -0.271 e. The number of nitrogens with one attached hydrogen (secondary N) is 1. The molecule has 4 nitrogen and oxygen atoms in total. The van der Waals surface area contributed by atoms with Crippen LogP contribution in [-0.2, 0) is 10.2 Å². The molecule has 6 heteroatoms. The number of hydrogen-bond donors (Lipinski definition) is 1. The maximum atomic E-state index is 11.8. The van der Waals surface area contributed by atoms with Crippen molar-refractivity contribution >= 4 is 27.7 Å². The van der Waals surface area contributed by atoms with Gasteiger partial charge < -0.3 is 0 Å². The summed E-state index contributed by atoms with van der Waals surface area (Å²) >= 11 is 1.67. The second-order valence-electron chi connectivity index (χ2n) is 5.28. The number of nitrogens with zero attached hydrogens (tertiary/aromatic N) is 1. The Hall–Kier alpha value is -1.50. The molecule has 0 heterocycles. The minimum absolute atomic E-state index is 0.554. The van der Waals surface area contributed by atoms with Crippen LogP contribution in [0.15, 0.2) is 52.3 Å². The molecular weight excluding hydrogens is 316 g/mol. The lowest BCUT2D eigenvalue weighted by Gasteiger charge is -2.13. The number of aryl methyl sites for hydroxylation is 2. The van der Waals surface area contributed by atoms with Crippen LogP contribution < -0.4 is 4.72 Å². The van der Waals surface area contributed by atoms with Gasteiger partial charge >= 0.3 is 10.2 Å². The molecule has 0 radical (unpaired) electrons. The summed E-state index contributed by atoms with van der Waals surface area (Å²) in [5.41, 5.74) is 3.04. The van der Waals surface area contributed by atoms with E-state index in [1.807, 2.05) is 12.1 Å². The molecule has 0 bridgehead atoms. The summed E-state index contributed by atoms with van der Waals surface area (Å²) in [5.74, 6) is 0. The van der Waals surface area contributed by atoms with Crippen LogP contribution in [0.3, 0.4) is 0 Å². The molecule has 0 fully saturated rings. The highest BCUT2D eigenvalue weighted by molar-refractivity contribution is 7.99. The molecule has 0 aliphatic carbocycles. The van der Waals surface area contributed by atoms with Crippen LogP contribution in [-0.4, -0.2) is 26.8 Å². The molecule has 0 spiro atoms. The number of rotatable bonds is 5. The van der Waals surface area contributed by atoms with E-state index in [-0.39, 0.29) is 0 Å². The molecule has 2 aromatic carbocycles. The minimum atomic E-state index is -3.46. The van der Waals surface area contributed by atoms with Crippen LogP contribution in [0.2, 0.25) is 0 Å². The summed E-state index contributed by atoms with van der Waals surface area (Å²) in [7, 11) is -0.472. The zero-order valence-electron chi connectivity index (χ0n) is 13.1. The summed E-state index contributed by atoms with van der Waals surface area (Å²) in [6.07, 6.45) is 0. The molecule has 0 aliphatic heterocycles. The highest BCUT2D eigenvalue weighted by atomic mass is 32.2. The maximum Gasteiger partial charge on any atom is 0.301 e. The van der Waals surface area contributed by atoms with Gasteiger partial charge in [0.05, 0.1) is 0 Å². The Kier molecular flexibility index (Phi) is 5.16. The van der Waals surface area contributed by atoms with Crippen LogP contribution >= 0.6 is 11.8 Å². The third-order valence-electron chi connectivity index (χ3n) is 3.14. The van der Waals surface area contributed by atoms with E-state index >= 15 is 0 Å². The molecule has 118 valence electrons. The molecule has 1 N–H and O–H groups in total. The van der Waals surface area contributed by atoms with Crippen LogP contribution in [0.5, 0.6) is 0 Å². The van der Waals surface area contributed by atoms with E-state index in [4.69, 9.17) is 0 Å². The number of anilines is 1. The van der Waals surface area contributed by atoms with Crippen molar-refractivity contribution in [2.24, 2.45) is 0 Å². The summed E-state index contributed by atoms with van der Waals surface area (Å²) in [5, 5.41) is 0. The molecule has 22 heavy (non-hydrogen) atoms. The van der Waals surface area contributed by atoms with Gasteiger partial charge in [-0.25, -0.2) is 0 Å². The fourth-order valence-electron chi connectivity index (χ4n) is 1.87. The van der Waals surface area contributed by atoms with Crippen molar-refractivity contribution in [2.75, 3.05) is 18.8 Å². The van der Waals surface area contributed by atoms with Gasteiger partial charge in [-0.15, -0.1) is 0 Å². The van der Waals surface area contributed by atoms with E-state index in [2.05, 4.69) is 36.8 Å². The smallest absolute Gasteiger partial charge is 0.271 e. The molecule has 0 amide bonds. The lowest BCUT2D eigenvalue weighted by atomic mass is 10.2. The maximum absolute atomic E-state index is 11.8. The first-order chi connectivity index (χ1) is 10.3. The van der Waals surface area contributed by atoms with Crippen molar-refractivity contribution in [3.05, 3.63) is 53.6 Å². The third-order valence-corrected chi connectivity index (χ3v) is 5.78. The van der Waals surface area contributed by atoms with Gasteiger partial charge in [-0.1, -0.05) is 29.5 Å². The van der Waals surface area contributed by atoms with Gasteiger partial charge in [0, 0.05) is 29.6 Å². The SMILES string of the molecule is Cc1ccc(Sc2ccc(NS(=O)(=O)N(C)C)cc2)c(C)c1. The Morgan fingerprint density at radius 2 is 1.64 bits per heavy atom. The second-order valence-corrected chi connectivity index (χ2v) is 8.28. The highest BCUT2D eigenvalue weighted by Gasteiger charge is 2.12. The zero-order chi connectivity index (χ0) is 16.3. The van der Waals surface area contributed by atoms with E-state index in [0.29, 0.717) is 5.69 Å². The van der Waals surface area contributed by atoms with Gasteiger partial charge in [-0.05, 0) is 49.7 Å². The molecule has 0 unspecified atom stereocenters. The predicted molar refractivity (Wildman–Crippen MR) is 92.7 cm³/mol. The fourth-order valence-corrected chi connectivity index (χ4v) is 3.37. The van der Waals surface area contributed by atoms with E-state index in [1.54, 1.807) is 23.9 Å². The Morgan fingerprint density at radius 3 is 2.18 bits per heavy atom. The Bertz CT molecular complexity index is 754. The average molecular weight is 336 g/mol. The lowest BCUT2D eigenvalue weighted by molar-refractivity contribution is 0.527. The van der Waals surface area contributed by atoms with E-state index in [0.717, 1.165) is 9.20 Å². The molecule has 0 atom stereocenters. The van der Waals surface area contributed by atoms with Crippen LogP contribution in [0.25, 0.3) is 0 Å². The van der Waals surface area contributed by atoms with Crippen molar-refractivity contribution in [3.8, 4) is 0 Å². The number of benzene rings is 2. The van der Waals surface area contributed by atoms with Crippen molar-refractivity contribution in [3.63, 3.8) is 0 Å².